The Balaban J connectivity index is 2.10. The number of sulfonamides is 1. The zero-order chi connectivity index (χ0) is 18.9. The van der Waals surface area contributed by atoms with Gasteiger partial charge in [0, 0.05) is 6.07 Å². The number of carboxylic acid groups (broad SMARTS) is 1. The zero-order valence-electron chi connectivity index (χ0n) is 14.4. The highest BCUT2D eigenvalue weighted by atomic mass is 32.2. The van der Waals surface area contributed by atoms with Crippen LogP contribution in [0.25, 0.3) is 0 Å². The van der Waals surface area contributed by atoms with Gasteiger partial charge >= 0.3 is 5.97 Å². The molecule has 0 fully saturated rings. The van der Waals surface area contributed by atoms with Gasteiger partial charge in [-0.05, 0) is 43.2 Å². The first-order valence-electron chi connectivity index (χ1n) is 8.01. The van der Waals surface area contributed by atoms with E-state index in [1.54, 1.807) is 19.1 Å². The number of rotatable bonds is 5. The summed E-state index contributed by atoms with van der Waals surface area (Å²) in [6, 6.07) is 9.41. The van der Waals surface area contributed by atoms with Gasteiger partial charge in [0.05, 0.1) is 10.6 Å². The monoisotopic (exact) mass is 377 g/mol. The topological polar surface area (TPSA) is 93.1 Å². The molecule has 26 heavy (non-hydrogen) atoms. The van der Waals surface area contributed by atoms with Crippen LogP contribution in [0.3, 0.4) is 0 Å². The van der Waals surface area contributed by atoms with Crippen molar-refractivity contribution in [3.8, 4) is 11.5 Å². The van der Waals surface area contributed by atoms with Gasteiger partial charge in [-0.3, -0.25) is 9.10 Å². The van der Waals surface area contributed by atoms with Crippen LogP contribution in [0.4, 0.5) is 5.69 Å². The molecule has 1 aliphatic rings. The molecular formula is C18H19NO6S. The summed E-state index contributed by atoms with van der Waals surface area (Å²) in [5.41, 5.74) is 1.91. The van der Waals surface area contributed by atoms with Crippen LogP contribution in [-0.4, -0.2) is 39.3 Å². The molecule has 3 rings (SSSR count). The molecule has 1 heterocycles. The Morgan fingerprint density at radius 3 is 2.50 bits per heavy atom. The first-order valence-corrected chi connectivity index (χ1v) is 9.45. The van der Waals surface area contributed by atoms with Gasteiger partial charge < -0.3 is 14.6 Å². The second kappa shape index (κ2) is 6.87. The standard InChI is InChI=1S/C18H19NO6S/c1-12-4-3-5-15(13(12)2)19(11-18(20)21)26(22,23)14-6-7-16-17(10-14)25-9-8-24-16/h3-7,10H,8-9,11H2,1-2H3,(H,20,21). The summed E-state index contributed by atoms with van der Waals surface area (Å²) in [7, 11) is -4.10. The maximum Gasteiger partial charge on any atom is 0.324 e. The van der Waals surface area contributed by atoms with Crippen LogP contribution in [0.5, 0.6) is 11.5 Å². The predicted octanol–water partition coefficient (Wildman–Crippen LogP) is 2.35. The number of anilines is 1. The molecule has 0 amide bonds. The van der Waals surface area contributed by atoms with Gasteiger partial charge in [-0.25, -0.2) is 8.42 Å². The molecule has 0 saturated heterocycles. The Morgan fingerprint density at radius 2 is 1.81 bits per heavy atom. The molecular weight excluding hydrogens is 358 g/mol. The van der Waals surface area contributed by atoms with E-state index in [0.717, 1.165) is 9.87 Å². The highest BCUT2D eigenvalue weighted by molar-refractivity contribution is 7.92. The third-order valence-electron chi connectivity index (χ3n) is 4.23. The summed E-state index contributed by atoms with van der Waals surface area (Å²) < 4.78 is 38.1. The molecule has 7 nitrogen and oxygen atoms in total. The fraction of sp³-hybridized carbons (Fsp3) is 0.278. The lowest BCUT2D eigenvalue weighted by molar-refractivity contribution is -0.135. The van der Waals surface area contributed by atoms with Crippen LogP contribution in [0.1, 0.15) is 11.1 Å². The van der Waals surface area contributed by atoms with Crippen LogP contribution in [-0.2, 0) is 14.8 Å². The van der Waals surface area contributed by atoms with Gasteiger partial charge in [0.25, 0.3) is 10.0 Å². The minimum Gasteiger partial charge on any atom is -0.486 e. The first kappa shape index (κ1) is 18.1. The van der Waals surface area contributed by atoms with Crippen LogP contribution < -0.4 is 13.8 Å². The molecule has 0 aromatic heterocycles. The van der Waals surface area contributed by atoms with E-state index in [2.05, 4.69) is 0 Å². The second-order valence-electron chi connectivity index (χ2n) is 5.93. The third-order valence-corrected chi connectivity index (χ3v) is 5.98. The molecule has 8 heteroatoms. The predicted molar refractivity (Wildman–Crippen MR) is 95.5 cm³/mol. The molecule has 2 aromatic carbocycles. The van der Waals surface area contributed by atoms with Crippen molar-refractivity contribution in [3.63, 3.8) is 0 Å². The number of nitrogens with zero attached hydrogens (tertiary/aromatic N) is 1. The number of hydrogen-bond donors (Lipinski definition) is 1. The number of aliphatic carboxylic acids is 1. The van der Waals surface area contributed by atoms with E-state index < -0.39 is 22.5 Å². The Bertz CT molecular complexity index is 954. The largest absolute Gasteiger partial charge is 0.486 e. The molecule has 1 N–H and O–H groups in total. The number of fused-ring (bicyclic) bond motifs is 1. The maximum atomic E-state index is 13.2. The maximum absolute atomic E-state index is 13.2. The lowest BCUT2D eigenvalue weighted by atomic mass is 10.1. The Kier molecular flexibility index (Phi) is 4.78. The van der Waals surface area contributed by atoms with Crippen molar-refractivity contribution in [1.82, 2.24) is 0 Å². The zero-order valence-corrected chi connectivity index (χ0v) is 15.2. The molecule has 1 aliphatic heterocycles. The molecule has 0 bridgehead atoms. The highest BCUT2D eigenvalue weighted by Gasteiger charge is 2.29. The van der Waals surface area contributed by atoms with E-state index in [-0.39, 0.29) is 4.90 Å². The lowest BCUT2D eigenvalue weighted by Gasteiger charge is -2.26. The quantitative estimate of drug-likeness (QED) is 0.860. The van der Waals surface area contributed by atoms with Crippen molar-refractivity contribution in [2.75, 3.05) is 24.1 Å². The first-order chi connectivity index (χ1) is 12.3. The molecule has 0 radical (unpaired) electrons. The van der Waals surface area contributed by atoms with Gasteiger partial charge in [0.2, 0.25) is 0 Å². The number of benzene rings is 2. The van der Waals surface area contributed by atoms with Crippen LogP contribution in [0, 0.1) is 13.8 Å². The molecule has 0 atom stereocenters. The van der Waals surface area contributed by atoms with Gasteiger partial charge in [0.15, 0.2) is 11.5 Å². The fourth-order valence-corrected chi connectivity index (χ4v) is 4.23. The molecule has 2 aromatic rings. The number of ether oxygens (including phenoxy) is 2. The van der Waals surface area contributed by atoms with E-state index in [1.807, 2.05) is 13.0 Å². The van der Waals surface area contributed by atoms with Gasteiger partial charge in [-0.1, -0.05) is 12.1 Å². The molecule has 138 valence electrons. The Morgan fingerprint density at radius 1 is 1.12 bits per heavy atom. The summed E-state index contributed by atoms with van der Waals surface area (Å²) in [5, 5.41) is 9.26. The number of aryl methyl sites for hydroxylation is 1. The summed E-state index contributed by atoms with van der Waals surface area (Å²) in [4.78, 5) is 11.3. The minimum absolute atomic E-state index is 0.0519. The summed E-state index contributed by atoms with van der Waals surface area (Å²) >= 11 is 0. The van der Waals surface area contributed by atoms with Crippen LogP contribution >= 0.6 is 0 Å². The Labute approximate surface area is 151 Å². The second-order valence-corrected chi connectivity index (χ2v) is 7.79. The molecule has 0 unspecified atom stereocenters. The van der Waals surface area contributed by atoms with Crippen molar-refractivity contribution >= 4 is 21.7 Å². The van der Waals surface area contributed by atoms with Crippen molar-refractivity contribution in [2.45, 2.75) is 18.7 Å². The van der Waals surface area contributed by atoms with Crippen molar-refractivity contribution in [2.24, 2.45) is 0 Å². The van der Waals surface area contributed by atoms with E-state index in [9.17, 15) is 18.3 Å². The fourth-order valence-electron chi connectivity index (χ4n) is 2.74. The summed E-state index contributed by atoms with van der Waals surface area (Å²) in [6.45, 7) is 3.65. The smallest absolute Gasteiger partial charge is 0.324 e. The number of hydrogen-bond acceptors (Lipinski definition) is 5. The number of carboxylic acids is 1. The van der Waals surface area contributed by atoms with Crippen molar-refractivity contribution in [1.29, 1.82) is 0 Å². The Hall–Kier alpha value is -2.74. The normalized spacial score (nSPS) is 13.3. The van der Waals surface area contributed by atoms with E-state index in [0.29, 0.717) is 36.0 Å². The van der Waals surface area contributed by atoms with Gasteiger partial charge in [0.1, 0.15) is 19.8 Å². The van der Waals surface area contributed by atoms with E-state index >= 15 is 0 Å². The molecule has 0 saturated carbocycles. The summed E-state index contributed by atoms with van der Waals surface area (Å²) in [6.07, 6.45) is 0. The van der Waals surface area contributed by atoms with Gasteiger partial charge in [-0.15, -0.1) is 0 Å². The molecule has 0 aliphatic carbocycles. The molecule has 0 spiro atoms. The van der Waals surface area contributed by atoms with Crippen LogP contribution in [0.2, 0.25) is 0 Å². The van der Waals surface area contributed by atoms with Crippen molar-refractivity contribution < 1.29 is 27.8 Å². The van der Waals surface area contributed by atoms with Gasteiger partial charge in [-0.2, -0.15) is 0 Å². The third kappa shape index (κ3) is 3.32. The minimum atomic E-state index is -4.10. The lowest BCUT2D eigenvalue weighted by Crippen LogP contribution is -2.36. The van der Waals surface area contributed by atoms with Crippen LogP contribution in [0.15, 0.2) is 41.3 Å². The average molecular weight is 377 g/mol. The highest BCUT2D eigenvalue weighted by Crippen LogP contribution is 2.35. The van der Waals surface area contributed by atoms with E-state index in [1.165, 1.54) is 18.2 Å². The van der Waals surface area contributed by atoms with E-state index in [4.69, 9.17) is 9.47 Å². The SMILES string of the molecule is Cc1cccc(N(CC(=O)O)S(=O)(=O)c2ccc3c(c2)OCCO3)c1C. The number of carbonyl (C=O) groups is 1. The van der Waals surface area contributed by atoms with Crippen molar-refractivity contribution in [3.05, 3.63) is 47.5 Å². The average Bonchev–Trinajstić information content (AvgIpc) is 2.61. The summed E-state index contributed by atoms with van der Waals surface area (Å²) in [5.74, 6) is -0.452.